The van der Waals surface area contributed by atoms with Gasteiger partial charge in [0.25, 0.3) is 0 Å². The van der Waals surface area contributed by atoms with Crippen molar-refractivity contribution in [2.75, 3.05) is 52.4 Å². The minimum atomic E-state index is -3.56. The van der Waals surface area contributed by atoms with Crippen LogP contribution in [-0.2, 0) is 20.4 Å². The van der Waals surface area contributed by atoms with Crippen LogP contribution in [0.1, 0.15) is 80.9 Å². The van der Waals surface area contributed by atoms with Crippen LogP contribution in [0.15, 0.2) is 41.6 Å². The maximum Gasteiger partial charge on any atom is 0.243 e. The summed E-state index contributed by atoms with van der Waals surface area (Å²) in [6.07, 6.45) is 14.3. The zero-order chi connectivity index (χ0) is 29.6. The van der Waals surface area contributed by atoms with Crippen LogP contribution >= 0.6 is 11.6 Å². The summed E-state index contributed by atoms with van der Waals surface area (Å²) in [4.78, 5) is 9.91. The van der Waals surface area contributed by atoms with Crippen molar-refractivity contribution < 1.29 is 13.2 Å². The molecule has 3 aliphatic rings. The molecule has 7 nitrogen and oxygen atoms in total. The smallest absolute Gasteiger partial charge is 0.243 e. The Labute approximate surface area is 258 Å². The van der Waals surface area contributed by atoms with E-state index in [1.807, 2.05) is 32.3 Å². The second-order valence-corrected chi connectivity index (χ2v) is 14.9. The van der Waals surface area contributed by atoms with Crippen molar-refractivity contribution in [3.63, 3.8) is 0 Å². The number of sulfonamides is 1. The third-order valence-corrected chi connectivity index (χ3v) is 12.2. The molecule has 3 aliphatic heterocycles. The Morgan fingerprint density at radius 2 is 1.67 bits per heavy atom. The largest absolute Gasteiger partial charge is 0.370 e. The van der Waals surface area contributed by atoms with Crippen molar-refractivity contribution in [2.24, 2.45) is 0 Å². The highest BCUT2D eigenvalue weighted by Gasteiger charge is 2.38. The Morgan fingerprint density at radius 3 is 2.40 bits per heavy atom. The standard InChI is InChI=1S/C33H49ClN4O3S/c1-27-25-32(28(2)24-31(27)34)42(39,40)38-20-4-3-11-30(38)12-8-18-37-21-13-33(14-22-37,29-10-7-15-35-26-29)41-23-9-19-36-16-5-6-17-36/h7,10,15,24-26,30H,3-6,8-9,11-14,16-23H2,1-2H3. The summed E-state index contributed by atoms with van der Waals surface area (Å²) in [5.41, 5.74) is 2.45. The summed E-state index contributed by atoms with van der Waals surface area (Å²) >= 11 is 6.28. The first kappa shape index (κ1) is 31.9. The quantitative estimate of drug-likeness (QED) is 0.266. The number of benzene rings is 1. The number of piperidine rings is 2. The second kappa shape index (κ2) is 14.5. The molecule has 0 amide bonds. The number of nitrogens with zero attached hydrogens (tertiary/aromatic N) is 4. The van der Waals surface area contributed by atoms with Crippen molar-refractivity contribution >= 4 is 21.6 Å². The molecule has 4 heterocycles. The maximum atomic E-state index is 13.8. The van der Waals surface area contributed by atoms with Crippen LogP contribution in [0, 0.1) is 13.8 Å². The van der Waals surface area contributed by atoms with E-state index in [2.05, 4.69) is 20.9 Å². The number of likely N-dealkylation sites (tertiary alicyclic amines) is 2. The highest BCUT2D eigenvalue weighted by Crippen LogP contribution is 2.37. The van der Waals surface area contributed by atoms with E-state index in [1.54, 1.807) is 16.4 Å². The first-order chi connectivity index (χ1) is 20.3. The molecule has 5 rings (SSSR count). The molecule has 1 aromatic heterocycles. The minimum Gasteiger partial charge on any atom is -0.370 e. The van der Waals surface area contributed by atoms with E-state index in [1.165, 1.54) is 31.5 Å². The van der Waals surface area contributed by atoms with Crippen LogP contribution in [0.25, 0.3) is 0 Å². The molecule has 0 saturated carbocycles. The van der Waals surface area contributed by atoms with Crippen molar-refractivity contribution in [3.05, 3.63) is 58.4 Å². The van der Waals surface area contributed by atoms with E-state index in [0.717, 1.165) is 95.3 Å². The molecule has 0 spiro atoms. The molecule has 42 heavy (non-hydrogen) atoms. The van der Waals surface area contributed by atoms with Crippen molar-refractivity contribution in [3.8, 4) is 0 Å². The van der Waals surface area contributed by atoms with E-state index in [4.69, 9.17) is 16.3 Å². The topological polar surface area (TPSA) is 66.0 Å². The van der Waals surface area contributed by atoms with E-state index in [-0.39, 0.29) is 11.6 Å². The van der Waals surface area contributed by atoms with Crippen LogP contribution in [0.5, 0.6) is 0 Å². The first-order valence-electron chi connectivity index (χ1n) is 16.1. The number of aryl methyl sites for hydroxylation is 2. The van der Waals surface area contributed by atoms with Gasteiger partial charge in [-0.3, -0.25) is 4.98 Å². The van der Waals surface area contributed by atoms with Crippen LogP contribution < -0.4 is 0 Å². The monoisotopic (exact) mass is 616 g/mol. The van der Waals surface area contributed by atoms with Gasteiger partial charge in [-0.15, -0.1) is 0 Å². The average molecular weight is 617 g/mol. The van der Waals surface area contributed by atoms with Gasteiger partial charge in [-0.2, -0.15) is 4.31 Å². The molecule has 0 aliphatic carbocycles. The lowest BCUT2D eigenvalue weighted by atomic mass is 9.84. The number of rotatable bonds is 12. The van der Waals surface area contributed by atoms with Gasteiger partial charge >= 0.3 is 0 Å². The molecule has 1 unspecified atom stereocenters. The maximum absolute atomic E-state index is 13.8. The summed E-state index contributed by atoms with van der Waals surface area (Å²) in [5.74, 6) is 0. The predicted octanol–water partition coefficient (Wildman–Crippen LogP) is 6.17. The molecule has 9 heteroatoms. The number of halogens is 1. The fraction of sp³-hybridized carbons (Fsp3) is 0.667. The van der Waals surface area contributed by atoms with E-state index >= 15 is 0 Å². The van der Waals surface area contributed by atoms with Crippen LogP contribution in [0.4, 0.5) is 0 Å². The first-order valence-corrected chi connectivity index (χ1v) is 17.9. The van der Waals surface area contributed by atoms with Crippen molar-refractivity contribution in [1.29, 1.82) is 0 Å². The summed E-state index contributed by atoms with van der Waals surface area (Å²) in [7, 11) is -3.56. The Morgan fingerprint density at radius 1 is 0.952 bits per heavy atom. The summed E-state index contributed by atoms with van der Waals surface area (Å²) in [5, 5.41) is 0.614. The number of aromatic nitrogens is 1. The predicted molar refractivity (Wildman–Crippen MR) is 170 cm³/mol. The third-order valence-electron chi connectivity index (χ3n) is 9.67. The van der Waals surface area contributed by atoms with E-state index in [9.17, 15) is 8.42 Å². The number of hydrogen-bond donors (Lipinski definition) is 0. The van der Waals surface area contributed by atoms with E-state index < -0.39 is 10.0 Å². The average Bonchev–Trinajstić information content (AvgIpc) is 3.52. The third kappa shape index (κ3) is 7.56. The molecule has 3 fully saturated rings. The van der Waals surface area contributed by atoms with Gasteiger partial charge < -0.3 is 14.5 Å². The summed E-state index contributed by atoms with van der Waals surface area (Å²) in [6.45, 7) is 11.6. The summed E-state index contributed by atoms with van der Waals surface area (Å²) in [6, 6.07) is 7.77. The van der Waals surface area contributed by atoms with Crippen molar-refractivity contribution in [1.82, 2.24) is 19.1 Å². The lowest BCUT2D eigenvalue weighted by molar-refractivity contribution is -0.0919. The molecule has 1 aromatic carbocycles. The zero-order valence-electron chi connectivity index (χ0n) is 25.6. The highest BCUT2D eigenvalue weighted by atomic mass is 35.5. The van der Waals surface area contributed by atoms with Gasteiger partial charge in [-0.25, -0.2) is 8.42 Å². The normalized spacial score (nSPS) is 22.5. The molecule has 0 radical (unpaired) electrons. The Bertz CT molecular complexity index is 1260. The van der Waals surface area contributed by atoms with Crippen LogP contribution in [0.2, 0.25) is 5.02 Å². The van der Waals surface area contributed by atoms with Gasteiger partial charge in [0.05, 0.1) is 10.5 Å². The van der Waals surface area contributed by atoms with Crippen LogP contribution in [0.3, 0.4) is 0 Å². The fourth-order valence-electron chi connectivity index (χ4n) is 7.14. The summed E-state index contributed by atoms with van der Waals surface area (Å²) < 4.78 is 36.1. The molecule has 3 saturated heterocycles. The van der Waals surface area contributed by atoms with Gasteiger partial charge in [0.2, 0.25) is 10.0 Å². The second-order valence-electron chi connectivity index (χ2n) is 12.6. The Balaban J connectivity index is 1.15. The van der Waals surface area contributed by atoms with Crippen LogP contribution in [-0.4, -0.2) is 86.0 Å². The highest BCUT2D eigenvalue weighted by molar-refractivity contribution is 7.89. The van der Waals surface area contributed by atoms with E-state index in [0.29, 0.717) is 16.5 Å². The molecule has 2 aromatic rings. The number of ether oxygens (including phenoxy) is 1. The zero-order valence-corrected chi connectivity index (χ0v) is 27.1. The van der Waals surface area contributed by atoms with Gasteiger partial charge in [-0.1, -0.05) is 24.1 Å². The Hall–Kier alpha value is -1.55. The fourth-order valence-corrected chi connectivity index (χ4v) is 9.37. The minimum absolute atomic E-state index is 0.0531. The molecule has 232 valence electrons. The molecular weight excluding hydrogens is 568 g/mol. The SMILES string of the molecule is Cc1cc(S(=O)(=O)N2CCCCC2CCCN2CCC(OCCCN3CCCC3)(c3cccnc3)CC2)c(C)cc1Cl. The molecule has 0 bridgehead atoms. The van der Waals surface area contributed by atoms with Gasteiger partial charge in [0.1, 0.15) is 0 Å². The molecule has 1 atom stereocenters. The van der Waals surface area contributed by atoms with Gasteiger partial charge in [0, 0.05) is 61.8 Å². The molecular formula is C33H49ClN4O3S. The lowest BCUT2D eigenvalue weighted by Crippen LogP contribution is -2.46. The Kier molecular flexibility index (Phi) is 11.0. The lowest BCUT2D eigenvalue weighted by Gasteiger charge is -2.42. The van der Waals surface area contributed by atoms with Gasteiger partial charge in [0.15, 0.2) is 0 Å². The van der Waals surface area contributed by atoms with Crippen molar-refractivity contribution in [2.45, 2.75) is 94.6 Å². The molecule has 0 N–H and O–H groups in total. The number of pyridine rings is 1. The van der Waals surface area contributed by atoms with Gasteiger partial charge in [-0.05, 0) is 121 Å². The number of hydrogen-bond acceptors (Lipinski definition) is 6.